The molecule has 0 radical (unpaired) electrons. The van der Waals surface area contributed by atoms with Crippen LogP contribution in [-0.4, -0.2) is 61.1 Å². The minimum absolute atomic E-state index is 0.389. The van der Waals surface area contributed by atoms with Crippen LogP contribution in [0.2, 0.25) is 0 Å². The molecule has 1 fully saturated rings. The Kier molecular flexibility index (Phi) is 6.62. The van der Waals surface area contributed by atoms with Crippen LogP contribution in [0, 0.1) is 6.92 Å². The lowest BCUT2D eigenvalue weighted by atomic mass is 10.2. The first-order valence-electron chi connectivity index (χ1n) is 11.6. The molecule has 3 N–H and O–H groups in total. The van der Waals surface area contributed by atoms with Crippen LogP contribution < -0.4 is 25.4 Å². The molecule has 9 nitrogen and oxygen atoms in total. The number of nitrogens with one attached hydrogen (secondary N) is 1. The van der Waals surface area contributed by atoms with Crippen molar-refractivity contribution < 1.29 is 14.3 Å². The van der Waals surface area contributed by atoms with E-state index in [0.29, 0.717) is 28.2 Å². The SMILES string of the molecule is COc1ccc(N2CCN(C)CC2)cc1Nc1ncc(C)c(Oc2cccc3cc(C(N)=O)sc23)n1. The van der Waals surface area contributed by atoms with E-state index >= 15 is 0 Å². The number of amides is 1. The number of fused-ring (bicyclic) bond motifs is 1. The summed E-state index contributed by atoms with van der Waals surface area (Å²) in [7, 11) is 3.78. The molecule has 36 heavy (non-hydrogen) atoms. The van der Waals surface area contributed by atoms with Gasteiger partial charge in [0.05, 0.1) is 22.4 Å². The highest BCUT2D eigenvalue weighted by Crippen LogP contribution is 2.37. The lowest BCUT2D eigenvalue weighted by Crippen LogP contribution is -2.44. The van der Waals surface area contributed by atoms with E-state index in [1.165, 1.54) is 11.3 Å². The highest BCUT2D eigenvalue weighted by molar-refractivity contribution is 7.21. The smallest absolute Gasteiger partial charge is 0.258 e. The zero-order valence-corrected chi connectivity index (χ0v) is 21.3. The molecule has 1 aliphatic heterocycles. The number of hydrogen-bond acceptors (Lipinski definition) is 9. The second-order valence-corrected chi connectivity index (χ2v) is 9.79. The van der Waals surface area contributed by atoms with Crippen molar-refractivity contribution in [1.82, 2.24) is 14.9 Å². The molecule has 0 unspecified atom stereocenters. The number of nitrogens with two attached hydrogens (primary N) is 1. The third-order valence-corrected chi connectivity index (χ3v) is 7.36. The third kappa shape index (κ3) is 4.91. The second kappa shape index (κ2) is 10.00. The van der Waals surface area contributed by atoms with Gasteiger partial charge in [-0.1, -0.05) is 12.1 Å². The fraction of sp³-hybridized carbons (Fsp3) is 0.269. The Bertz CT molecular complexity index is 1410. The number of carbonyl (C=O) groups is 1. The van der Waals surface area contributed by atoms with E-state index in [1.54, 1.807) is 19.4 Å². The number of aryl methyl sites for hydroxylation is 1. The molecule has 0 atom stereocenters. The molecule has 10 heteroatoms. The van der Waals surface area contributed by atoms with Gasteiger partial charge in [0.1, 0.15) is 11.5 Å². The third-order valence-electron chi connectivity index (χ3n) is 6.18. The van der Waals surface area contributed by atoms with Crippen LogP contribution in [0.15, 0.2) is 48.7 Å². The maximum Gasteiger partial charge on any atom is 0.258 e. The number of likely N-dealkylation sites (N-methyl/N-ethyl adjacent to an activating group) is 1. The normalized spacial score (nSPS) is 14.1. The Hall–Kier alpha value is -3.89. The van der Waals surface area contributed by atoms with Crippen molar-refractivity contribution in [2.24, 2.45) is 5.73 Å². The topological polar surface area (TPSA) is 106 Å². The van der Waals surface area contributed by atoms with Gasteiger partial charge in [-0.3, -0.25) is 4.79 Å². The predicted octanol–water partition coefficient (Wildman–Crippen LogP) is 4.39. The van der Waals surface area contributed by atoms with Crippen LogP contribution in [0.3, 0.4) is 0 Å². The molecular formula is C26H28N6O3S. The number of ether oxygens (including phenoxy) is 2. The Morgan fingerprint density at radius 3 is 2.67 bits per heavy atom. The van der Waals surface area contributed by atoms with Crippen molar-refractivity contribution in [3.63, 3.8) is 0 Å². The second-order valence-electron chi connectivity index (χ2n) is 8.73. The highest BCUT2D eigenvalue weighted by atomic mass is 32.1. The number of primary amides is 1. The molecular weight excluding hydrogens is 476 g/mol. The van der Waals surface area contributed by atoms with E-state index in [9.17, 15) is 4.79 Å². The van der Waals surface area contributed by atoms with E-state index in [-0.39, 0.29) is 0 Å². The monoisotopic (exact) mass is 504 g/mol. The number of anilines is 3. The first kappa shape index (κ1) is 23.8. The van der Waals surface area contributed by atoms with Crippen molar-refractivity contribution in [2.45, 2.75) is 6.92 Å². The zero-order chi connectivity index (χ0) is 25.2. The summed E-state index contributed by atoms with van der Waals surface area (Å²) in [4.78, 5) is 25.9. The van der Waals surface area contributed by atoms with Gasteiger partial charge in [-0.25, -0.2) is 4.98 Å². The molecule has 0 saturated carbocycles. The van der Waals surface area contributed by atoms with Gasteiger partial charge in [-0.15, -0.1) is 11.3 Å². The molecule has 5 rings (SSSR count). The number of rotatable bonds is 7. The standard InChI is InChI=1S/C26H28N6O3S/c1-16-15-28-26(29-19-14-18(7-8-20(19)34-3)32-11-9-31(2)10-12-32)30-25(16)35-21-6-4-5-17-13-22(24(27)33)36-23(17)21/h4-8,13-15H,9-12H2,1-3H3,(H2,27,33)(H,28,29,30). The zero-order valence-electron chi connectivity index (χ0n) is 20.4. The van der Waals surface area contributed by atoms with E-state index in [4.69, 9.17) is 15.2 Å². The molecule has 0 aliphatic carbocycles. The van der Waals surface area contributed by atoms with Gasteiger partial charge in [0.15, 0.2) is 0 Å². The number of carbonyl (C=O) groups excluding carboxylic acids is 1. The van der Waals surface area contributed by atoms with Crippen LogP contribution in [-0.2, 0) is 0 Å². The van der Waals surface area contributed by atoms with Crippen LogP contribution in [0.4, 0.5) is 17.3 Å². The van der Waals surface area contributed by atoms with E-state index in [0.717, 1.165) is 53.2 Å². The van der Waals surface area contributed by atoms with E-state index < -0.39 is 5.91 Å². The van der Waals surface area contributed by atoms with Gasteiger partial charge in [-0.2, -0.15) is 4.98 Å². The molecule has 1 saturated heterocycles. The summed E-state index contributed by atoms with van der Waals surface area (Å²) in [6.45, 7) is 5.86. The van der Waals surface area contributed by atoms with Crippen LogP contribution in [0.25, 0.3) is 10.1 Å². The fourth-order valence-electron chi connectivity index (χ4n) is 4.11. The molecule has 1 amide bonds. The number of nitrogens with zero attached hydrogens (tertiary/aromatic N) is 4. The average molecular weight is 505 g/mol. The lowest BCUT2D eigenvalue weighted by Gasteiger charge is -2.34. The summed E-state index contributed by atoms with van der Waals surface area (Å²) in [6.07, 6.45) is 1.71. The molecule has 0 bridgehead atoms. The molecule has 2 aromatic carbocycles. The summed E-state index contributed by atoms with van der Waals surface area (Å²) < 4.78 is 12.6. The molecule has 4 aromatic rings. The van der Waals surface area contributed by atoms with Crippen molar-refractivity contribution in [3.05, 3.63) is 59.1 Å². The largest absolute Gasteiger partial charge is 0.495 e. The van der Waals surface area contributed by atoms with E-state index in [2.05, 4.69) is 44.3 Å². The number of benzene rings is 2. The van der Waals surface area contributed by atoms with Gasteiger partial charge in [-0.05, 0) is 49.7 Å². The number of piperazine rings is 1. The van der Waals surface area contributed by atoms with Crippen molar-refractivity contribution in [3.8, 4) is 17.4 Å². The molecule has 3 heterocycles. The van der Waals surface area contributed by atoms with Gasteiger partial charge < -0.3 is 30.3 Å². The summed E-state index contributed by atoms with van der Waals surface area (Å²) >= 11 is 1.30. The van der Waals surface area contributed by atoms with Gasteiger partial charge in [0.2, 0.25) is 11.8 Å². The van der Waals surface area contributed by atoms with Crippen LogP contribution in [0.1, 0.15) is 15.2 Å². The Labute approximate surface area is 213 Å². The number of methoxy groups -OCH3 is 1. The Morgan fingerprint density at radius 1 is 1.11 bits per heavy atom. The Balaban J connectivity index is 1.42. The number of aromatic nitrogens is 2. The molecule has 0 spiro atoms. The first-order chi connectivity index (χ1) is 17.4. The summed E-state index contributed by atoms with van der Waals surface area (Å²) in [5.41, 5.74) is 8.14. The van der Waals surface area contributed by atoms with Crippen LogP contribution in [0.5, 0.6) is 17.4 Å². The summed E-state index contributed by atoms with van der Waals surface area (Å²) in [6, 6.07) is 13.5. The van der Waals surface area contributed by atoms with Crippen molar-refractivity contribution >= 4 is 44.7 Å². The fourth-order valence-corrected chi connectivity index (χ4v) is 5.07. The summed E-state index contributed by atoms with van der Waals surface area (Å²) in [5.74, 6) is 1.65. The van der Waals surface area contributed by atoms with Gasteiger partial charge in [0.25, 0.3) is 5.91 Å². The minimum Gasteiger partial charge on any atom is -0.495 e. The lowest BCUT2D eigenvalue weighted by molar-refractivity contribution is 0.100. The van der Waals surface area contributed by atoms with E-state index in [1.807, 2.05) is 31.2 Å². The molecule has 2 aromatic heterocycles. The Morgan fingerprint density at radius 2 is 1.92 bits per heavy atom. The summed E-state index contributed by atoms with van der Waals surface area (Å²) in [5, 5.41) is 4.19. The first-order valence-corrected chi connectivity index (χ1v) is 12.5. The number of thiophene rings is 1. The average Bonchev–Trinajstić information content (AvgIpc) is 3.32. The van der Waals surface area contributed by atoms with Crippen molar-refractivity contribution in [2.75, 3.05) is 50.6 Å². The highest BCUT2D eigenvalue weighted by Gasteiger charge is 2.17. The number of hydrogen-bond donors (Lipinski definition) is 2. The maximum absolute atomic E-state index is 11.7. The van der Waals surface area contributed by atoms with Crippen LogP contribution >= 0.6 is 11.3 Å². The van der Waals surface area contributed by atoms with Gasteiger partial charge >= 0.3 is 0 Å². The predicted molar refractivity (Wildman–Crippen MR) is 143 cm³/mol. The minimum atomic E-state index is -0.459. The van der Waals surface area contributed by atoms with Gasteiger partial charge in [0, 0.05) is 43.6 Å². The maximum atomic E-state index is 11.7. The van der Waals surface area contributed by atoms with Crippen molar-refractivity contribution in [1.29, 1.82) is 0 Å². The quantitative estimate of drug-likeness (QED) is 0.382. The molecule has 1 aliphatic rings. The molecule has 186 valence electrons.